The Kier molecular flexibility index (Phi) is 3.25. The fourth-order valence-electron chi connectivity index (χ4n) is 2.16. The van der Waals surface area contributed by atoms with Gasteiger partial charge in [-0.15, -0.1) is 0 Å². The molecule has 6 heteroatoms. The summed E-state index contributed by atoms with van der Waals surface area (Å²) in [5.74, 6) is -3.12. The average Bonchev–Trinajstić information content (AvgIpc) is 2.70. The van der Waals surface area contributed by atoms with Gasteiger partial charge in [-0.3, -0.25) is 9.59 Å². The van der Waals surface area contributed by atoms with Gasteiger partial charge in [-0.05, 0) is 30.7 Å². The van der Waals surface area contributed by atoms with Gasteiger partial charge in [-0.25, -0.2) is 4.79 Å². The first-order valence-corrected chi connectivity index (χ1v) is 5.76. The monoisotopic (exact) mass is 263 g/mol. The van der Waals surface area contributed by atoms with Crippen molar-refractivity contribution in [3.05, 3.63) is 29.3 Å². The molecule has 0 bridgehead atoms. The molecule has 0 aromatic heterocycles. The topological polar surface area (TPSA) is 94.9 Å². The van der Waals surface area contributed by atoms with E-state index in [2.05, 4.69) is 0 Å². The summed E-state index contributed by atoms with van der Waals surface area (Å²) in [6.07, 6.45) is -0.0499. The fourth-order valence-corrected chi connectivity index (χ4v) is 2.16. The second-order valence-corrected chi connectivity index (χ2v) is 4.61. The van der Waals surface area contributed by atoms with Gasteiger partial charge in [-0.2, -0.15) is 0 Å². The molecule has 1 aromatic carbocycles. The van der Waals surface area contributed by atoms with E-state index < -0.39 is 17.9 Å². The van der Waals surface area contributed by atoms with E-state index in [-0.39, 0.29) is 24.4 Å². The zero-order valence-corrected chi connectivity index (χ0v) is 10.3. The van der Waals surface area contributed by atoms with E-state index in [1.807, 2.05) is 0 Å². The van der Waals surface area contributed by atoms with E-state index in [0.29, 0.717) is 11.3 Å². The number of benzene rings is 1. The summed E-state index contributed by atoms with van der Waals surface area (Å²) in [7, 11) is 0. The van der Waals surface area contributed by atoms with Crippen molar-refractivity contribution in [2.24, 2.45) is 5.92 Å². The molecule has 1 saturated heterocycles. The number of aryl methyl sites for hydroxylation is 1. The number of aliphatic carboxylic acids is 1. The molecule has 1 aromatic rings. The molecule has 2 N–H and O–H groups in total. The minimum absolute atomic E-state index is 0.0499. The number of carbonyl (C=O) groups excluding carboxylic acids is 1. The molecule has 100 valence electrons. The van der Waals surface area contributed by atoms with E-state index in [9.17, 15) is 14.4 Å². The summed E-state index contributed by atoms with van der Waals surface area (Å²) in [5, 5.41) is 17.9. The van der Waals surface area contributed by atoms with Crippen LogP contribution in [0.5, 0.6) is 0 Å². The summed E-state index contributed by atoms with van der Waals surface area (Å²) in [5.41, 5.74) is 1.23. The Labute approximate surface area is 109 Å². The fraction of sp³-hybridized carbons (Fsp3) is 0.308. The molecule has 6 nitrogen and oxygen atoms in total. The maximum atomic E-state index is 11.8. The maximum Gasteiger partial charge on any atom is 0.335 e. The highest BCUT2D eigenvalue weighted by molar-refractivity contribution is 6.00. The van der Waals surface area contributed by atoms with Crippen molar-refractivity contribution in [2.75, 3.05) is 11.4 Å². The van der Waals surface area contributed by atoms with Gasteiger partial charge in [0.15, 0.2) is 0 Å². The highest BCUT2D eigenvalue weighted by Crippen LogP contribution is 2.27. The number of amides is 1. The number of aromatic carboxylic acids is 1. The zero-order chi connectivity index (χ0) is 14.2. The lowest BCUT2D eigenvalue weighted by molar-refractivity contribution is -0.141. The van der Waals surface area contributed by atoms with E-state index >= 15 is 0 Å². The highest BCUT2D eigenvalue weighted by Gasteiger charge is 2.35. The summed E-state index contributed by atoms with van der Waals surface area (Å²) in [6, 6.07) is 4.56. The number of hydrogen-bond donors (Lipinski definition) is 2. The first kappa shape index (κ1) is 13.1. The number of nitrogens with zero attached hydrogens (tertiary/aromatic N) is 1. The van der Waals surface area contributed by atoms with Gasteiger partial charge in [0, 0.05) is 18.7 Å². The van der Waals surface area contributed by atoms with Crippen LogP contribution in [-0.2, 0) is 9.59 Å². The van der Waals surface area contributed by atoms with Crippen molar-refractivity contribution >= 4 is 23.5 Å². The van der Waals surface area contributed by atoms with Crippen LogP contribution in [0.3, 0.4) is 0 Å². The first-order chi connectivity index (χ1) is 8.88. The van der Waals surface area contributed by atoms with Crippen LogP contribution in [0.1, 0.15) is 22.3 Å². The number of rotatable bonds is 3. The van der Waals surface area contributed by atoms with Crippen LogP contribution in [-0.4, -0.2) is 34.6 Å². The minimum atomic E-state index is -1.08. The van der Waals surface area contributed by atoms with Crippen LogP contribution >= 0.6 is 0 Å². The molecule has 0 radical (unpaired) electrons. The predicted octanol–water partition coefficient (Wildman–Crippen LogP) is 1.13. The quantitative estimate of drug-likeness (QED) is 0.852. The number of anilines is 1. The molecule has 0 spiro atoms. The summed E-state index contributed by atoms with van der Waals surface area (Å²) in [6.45, 7) is 1.81. The minimum Gasteiger partial charge on any atom is -0.481 e. The highest BCUT2D eigenvalue weighted by atomic mass is 16.4. The molecule has 1 heterocycles. The summed E-state index contributed by atoms with van der Waals surface area (Å²) >= 11 is 0. The lowest BCUT2D eigenvalue weighted by Gasteiger charge is -2.17. The van der Waals surface area contributed by atoms with E-state index in [0.717, 1.165) is 0 Å². The molecule has 1 unspecified atom stereocenters. The molecule has 1 aliphatic heterocycles. The third-order valence-corrected chi connectivity index (χ3v) is 3.10. The Balaban J connectivity index is 2.34. The normalized spacial score (nSPS) is 18.7. The maximum absolute atomic E-state index is 11.8. The van der Waals surface area contributed by atoms with Gasteiger partial charge in [0.05, 0.1) is 11.5 Å². The Morgan fingerprint density at radius 2 is 1.95 bits per heavy atom. The average molecular weight is 263 g/mol. The van der Waals surface area contributed by atoms with Gasteiger partial charge >= 0.3 is 11.9 Å². The lowest BCUT2D eigenvalue weighted by Crippen LogP contribution is -2.26. The van der Waals surface area contributed by atoms with Crippen LogP contribution in [0.15, 0.2) is 18.2 Å². The predicted molar refractivity (Wildman–Crippen MR) is 66.2 cm³/mol. The van der Waals surface area contributed by atoms with Gasteiger partial charge in [0.2, 0.25) is 5.91 Å². The second kappa shape index (κ2) is 4.72. The molecule has 1 aliphatic rings. The van der Waals surface area contributed by atoms with E-state index in [4.69, 9.17) is 10.2 Å². The van der Waals surface area contributed by atoms with Crippen molar-refractivity contribution < 1.29 is 24.6 Å². The Hall–Kier alpha value is -2.37. The zero-order valence-electron chi connectivity index (χ0n) is 10.3. The Morgan fingerprint density at radius 3 is 2.47 bits per heavy atom. The molecule has 1 fully saturated rings. The molecule has 2 rings (SSSR count). The number of carbonyl (C=O) groups is 3. The molecule has 1 atom stereocenters. The van der Waals surface area contributed by atoms with Crippen molar-refractivity contribution in [1.82, 2.24) is 0 Å². The van der Waals surface area contributed by atoms with Crippen LogP contribution in [0, 0.1) is 12.8 Å². The summed E-state index contributed by atoms with van der Waals surface area (Å²) < 4.78 is 0. The number of carboxylic acids is 2. The SMILES string of the molecule is Cc1cc(C(=O)O)cc(N2CC(C(=O)O)CC2=O)c1. The molecular formula is C13H13NO5. The molecule has 19 heavy (non-hydrogen) atoms. The van der Waals surface area contributed by atoms with Crippen LogP contribution in [0.2, 0.25) is 0 Å². The number of carboxylic acid groups (broad SMARTS) is 2. The van der Waals surface area contributed by atoms with Crippen molar-refractivity contribution in [3.63, 3.8) is 0 Å². The third-order valence-electron chi connectivity index (χ3n) is 3.10. The van der Waals surface area contributed by atoms with Gasteiger partial charge in [0.25, 0.3) is 0 Å². The largest absolute Gasteiger partial charge is 0.481 e. The van der Waals surface area contributed by atoms with E-state index in [1.165, 1.54) is 17.0 Å². The molecular weight excluding hydrogens is 250 g/mol. The van der Waals surface area contributed by atoms with Gasteiger partial charge < -0.3 is 15.1 Å². The van der Waals surface area contributed by atoms with Crippen LogP contribution < -0.4 is 4.90 Å². The van der Waals surface area contributed by atoms with Crippen LogP contribution in [0.25, 0.3) is 0 Å². The van der Waals surface area contributed by atoms with Gasteiger partial charge in [0.1, 0.15) is 0 Å². The summed E-state index contributed by atoms with van der Waals surface area (Å²) in [4.78, 5) is 35.0. The standard InChI is InChI=1S/C13H13NO5/c1-7-2-8(12(16)17)4-10(3-7)14-6-9(13(18)19)5-11(14)15/h2-4,9H,5-6H2,1H3,(H,16,17)(H,18,19). The van der Waals surface area contributed by atoms with E-state index in [1.54, 1.807) is 13.0 Å². The second-order valence-electron chi connectivity index (χ2n) is 4.61. The molecule has 0 aliphatic carbocycles. The van der Waals surface area contributed by atoms with Crippen molar-refractivity contribution in [2.45, 2.75) is 13.3 Å². The Morgan fingerprint density at radius 1 is 1.26 bits per heavy atom. The van der Waals surface area contributed by atoms with Crippen LogP contribution in [0.4, 0.5) is 5.69 Å². The van der Waals surface area contributed by atoms with Gasteiger partial charge in [-0.1, -0.05) is 0 Å². The molecule has 0 saturated carbocycles. The lowest BCUT2D eigenvalue weighted by atomic mass is 10.1. The number of hydrogen-bond acceptors (Lipinski definition) is 3. The first-order valence-electron chi connectivity index (χ1n) is 5.76. The van der Waals surface area contributed by atoms with Crippen molar-refractivity contribution in [3.8, 4) is 0 Å². The Bertz CT molecular complexity index is 566. The molecule has 1 amide bonds. The third kappa shape index (κ3) is 2.57. The smallest absolute Gasteiger partial charge is 0.335 e. The van der Waals surface area contributed by atoms with Crippen molar-refractivity contribution in [1.29, 1.82) is 0 Å².